The Labute approximate surface area is 173 Å². The summed E-state index contributed by atoms with van der Waals surface area (Å²) in [6, 6.07) is 5.02. The van der Waals surface area contributed by atoms with E-state index in [4.69, 9.17) is 4.74 Å². The number of Topliss-reactive ketones (excluding diaryl/α,β-unsaturated/α-hetero) is 1. The van der Waals surface area contributed by atoms with Crippen LogP contribution in [0.15, 0.2) is 23.4 Å². The summed E-state index contributed by atoms with van der Waals surface area (Å²) >= 11 is 1.47. The van der Waals surface area contributed by atoms with Gasteiger partial charge in [-0.25, -0.2) is 9.97 Å². The fourth-order valence-electron chi connectivity index (χ4n) is 3.28. The van der Waals surface area contributed by atoms with Crippen molar-refractivity contribution in [3.63, 3.8) is 0 Å². The number of nitrogens with zero attached hydrogens (tertiary/aromatic N) is 2. The van der Waals surface area contributed by atoms with Crippen LogP contribution in [0.2, 0.25) is 0 Å². The number of carbonyl (C=O) groups is 3. The van der Waals surface area contributed by atoms with Gasteiger partial charge in [-0.3, -0.25) is 14.4 Å². The number of aromatic nitrogens is 2. The number of anilines is 1. The van der Waals surface area contributed by atoms with Crippen molar-refractivity contribution < 1.29 is 19.1 Å². The third kappa shape index (κ3) is 4.64. The zero-order valence-electron chi connectivity index (χ0n) is 16.9. The van der Waals surface area contributed by atoms with Crippen LogP contribution in [0.1, 0.15) is 52.1 Å². The summed E-state index contributed by atoms with van der Waals surface area (Å²) in [6.45, 7) is 5.25. The lowest BCUT2D eigenvalue weighted by Gasteiger charge is -2.10. The lowest BCUT2D eigenvalue weighted by molar-refractivity contribution is -0.142. The summed E-state index contributed by atoms with van der Waals surface area (Å²) < 4.78 is 5.16. The molecule has 0 saturated carbocycles. The molecular formula is C21H23N3O4S. The van der Waals surface area contributed by atoms with E-state index in [1.165, 1.54) is 11.8 Å². The van der Waals surface area contributed by atoms with Gasteiger partial charge in [0, 0.05) is 29.1 Å². The average molecular weight is 413 g/mol. The van der Waals surface area contributed by atoms with E-state index in [1.807, 2.05) is 20.1 Å². The number of esters is 1. The highest BCUT2D eigenvalue weighted by Gasteiger charge is 2.27. The van der Waals surface area contributed by atoms with Gasteiger partial charge in [-0.15, -0.1) is 0 Å². The summed E-state index contributed by atoms with van der Waals surface area (Å²) in [7, 11) is 0. The number of fused-ring (bicyclic) bond motifs is 1. The molecule has 0 saturated heterocycles. The Bertz CT molecular complexity index is 967. The number of aryl methyl sites for hydroxylation is 2. The van der Waals surface area contributed by atoms with E-state index in [2.05, 4.69) is 15.3 Å². The van der Waals surface area contributed by atoms with Crippen LogP contribution in [0.25, 0.3) is 0 Å². The molecule has 1 aliphatic heterocycles. The average Bonchev–Trinajstić information content (AvgIpc) is 2.98. The largest absolute Gasteiger partial charge is 0.457 e. The Balaban J connectivity index is 1.55. The number of ether oxygens (including phenoxy) is 1. The van der Waals surface area contributed by atoms with Crippen LogP contribution >= 0.6 is 11.8 Å². The number of benzene rings is 1. The first-order valence-corrected chi connectivity index (χ1v) is 10.5. The molecule has 0 radical (unpaired) electrons. The normalized spacial score (nSPS) is 15.0. The van der Waals surface area contributed by atoms with Gasteiger partial charge in [-0.05, 0) is 62.8 Å². The van der Waals surface area contributed by atoms with Crippen molar-refractivity contribution in [2.45, 2.75) is 44.7 Å². The van der Waals surface area contributed by atoms with E-state index < -0.39 is 5.97 Å². The zero-order valence-corrected chi connectivity index (χ0v) is 17.7. The molecule has 7 nitrogen and oxygen atoms in total. The van der Waals surface area contributed by atoms with E-state index in [-0.39, 0.29) is 30.6 Å². The van der Waals surface area contributed by atoms with Crippen LogP contribution in [0.3, 0.4) is 0 Å². The van der Waals surface area contributed by atoms with Gasteiger partial charge in [0.25, 0.3) is 0 Å². The molecule has 2 heterocycles. The fourth-order valence-corrected chi connectivity index (χ4v) is 3.74. The molecule has 1 aromatic carbocycles. The SMILES string of the molecule is CSc1nc(C)c(CCC(=O)OCC(=O)c2ccc3c(c2)[C@@H](C)C(=O)N3)c(C)n1. The second kappa shape index (κ2) is 8.73. The molecule has 1 amide bonds. The number of carbonyl (C=O) groups excluding carboxylic acids is 3. The third-order valence-electron chi connectivity index (χ3n) is 5.02. The molecule has 2 aromatic rings. The molecule has 0 spiro atoms. The third-order valence-corrected chi connectivity index (χ3v) is 5.57. The summed E-state index contributed by atoms with van der Waals surface area (Å²) in [5, 5.41) is 3.47. The number of amides is 1. The van der Waals surface area contributed by atoms with Crippen LogP contribution in [-0.2, 0) is 20.7 Å². The molecule has 1 atom stereocenters. The number of hydrogen-bond acceptors (Lipinski definition) is 7. The van der Waals surface area contributed by atoms with Gasteiger partial charge in [-0.2, -0.15) is 0 Å². The van der Waals surface area contributed by atoms with Crippen molar-refractivity contribution in [1.29, 1.82) is 0 Å². The van der Waals surface area contributed by atoms with Gasteiger partial charge in [0.05, 0.1) is 5.92 Å². The molecule has 0 aliphatic carbocycles. The maximum absolute atomic E-state index is 12.4. The molecule has 0 bridgehead atoms. The van der Waals surface area contributed by atoms with Crippen molar-refractivity contribution in [3.8, 4) is 0 Å². The lowest BCUT2D eigenvalue weighted by atomic mass is 9.99. The van der Waals surface area contributed by atoms with Crippen molar-refractivity contribution in [2.24, 2.45) is 0 Å². The quantitative estimate of drug-likeness (QED) is 0.322. The standard InChI is InChI=1S/C21H23N3O4S/c1-11-16-9-14(5-7-17(16)24-20(11)27)18(25)10-28-19(26)8-6-15-12(2)22-21(29-4)23-13(15)3/h5,7,9,11H,6,8,10H2,1-4H3,(H,24,27)/t11-/m1/s1. The number of rotatable bonds is 7. The Morgan fingerprint density at radius 3 is 2.55 bits per heavy atom. The highest BCUT2D eigenvalue weighted by Crippen LogP contribution is 2.32. The number of thioether (sulfide) groups is 1. The predicted octanol–water partition coefficient (Wildman–Crippen LogP) is 3.23. The molecule has 152 valence electrons. The lowest BCUT2D eigenvalue weighted by Crippen LogP contribution is -2.15. The molecule has 8 heteroatoms. The van der Waals surface area contributed by atoms with Crippen molar-refractivity contribution >= 4 is 35.1 Å². The minimum Gasteiger partial charge on any atom is -0.457 e. The van der Waals surface area contributed by atoms with Crippen LogP contribution in [0.4, 0.5) is 5.69 Å². The first-order chi connectivity index (χ1) is 13.8. The van der Waals surface area contributed by atoms with Crippen LogP contribution in [-0.4, -0.2) is 40.5 Å². The van der Waals surface area contributed by atoms with Crippen LogP contribution in [0, 0.1) is 13.8 Å². The van der Waals surface area contributed by atoms with Crippen molar-refractivity contribution in [3.05, 3.63) is 46.3 Å². The molecule has 1 N–H and O–H groups in total. The van der Waals surface area contributed by atoms with Gasteiger partial charge in [0.1, 0.15) is 0 Å². The molecular weight excluding hydrogens is 390 g/mol. The Morgan fingerprint density at radius 1 is 1.21 bits per heavy atom. The summed E-state index contributed by atoms with van der Waals surface area (Å²) in [5.41, 5.74) is 4.55. The predicted molar refractivity (Wildman–Crippen MR) is 110 cm³/mol. The monoisotopic (exact) mass is 413 g/mol. The maximum Gasteiger partial charge on any atom is 0.306 e. The molecule has 3 rings (SSSR count). The Kier molecular flexibility index (Phi) is 6.32. The number of ketones is 1. The maximum atomic E-state index is 12.4. The first kappa shape index (κ1) is 21.0. The first-order valence-electron chi connectivity index (χ1n) is 9.32. The van der Waals surface area contributed by atoms with Crippen LogP contribution < -0.4 is 5.32 Å². The van der Waals surface area contributed by atoms with E-state index >= 15 is 0 Å². The van der Waals surface area contributed by atoms with E-state index in [1.54, 1.807) is 25.1 Å². The molecule has 29 heavy (non-hydrogen) atoms. The van der Waals surface area contributed by atoms with Gasteiger partial charge in [-0.1, -0.05) is 11.8 Å². The molecule has 0 unspecified atom stereocenters. The number of hydrogen-bond donors (Lipinski definition) is 1. The van der Waals surface area contributed by atoms with Gasteiger partial charge >= 0.3 is 5.97 Å². The van der Waals surface area contributed by atoms with Crippen LogP contribution in [0.5, 0.6) is 0 Å². The van der Waals surface area contributed by atoms with E-state index in [0.717, 1.165) is 28.2 Å². The molecule has 0 fully saturated rings. The smallest absolute Gasteiger partial charge is 0.306 e. The molecule has 1 aromatic heterocycles. The van der Waals surface area contributed by atoms with Crippen molar-refractivity contribution in [1.82, 2.24) is 9.97 Å². The van der Waals surface area contributed by atoms with Gasteiger partial charge in [0.15, 0.2) is 17.5 Å². The second-order valence-corrected chi connectivity index (χ2v) is 7.73. The highest BCUT2D eigenvalue weighted by atomic mass is 32.2. The topological polar surface area (TPSA) is 98.2 Å². The summed E-state index contributed by atoms with van der Waals surface area (Å²) in [4.78, 5) is 45.0. The van der Waals surface area contributed by atoms with Gasteiger partial charge in [0.2, 0.25) is 5.91 Å². The van der Waals surface area contributed by atoms with Crippen molar-refractivity contribution in [2.75, 3.05) is 18.2 Å². The van der Waals surface area contributed by atoms with E-state index in [9.17, 15) is 14.4 Å². The zero-order chi connectivity index (χ0) is 21.1. The van der Waals surface area contributed by atoms with Gasteiger partial charge < -0.3 is 10.1 Å². The number of nitrogens with one attached hydrogen (secondary N) is 1. The summed E-state index contributed by atoms with van der Waals surface area (Å²) in [6.07, 6.45) is 2.53. The second-order valence-electron chi connectivity index (χ2n) is 6.96. The minimum atomic E-state index is -0.447. The fraction of sp³-hybridized carbons (Fsp3) is 0.381. The Hall–Kier alpha value is -2.74. The molecule has 1 aliphatic rings. The Morgan fingerprint density at radius 2 is 1.90 bits per heavy atom. The minimum absolute atomic E-state index is 0.0869. The summed E-state index contributed by atoms with van der Waals surface area (Å²) in [5.74, 6) is -1.13. The van der Waals surface area contributed by atoms with E-state index in [0.29, 0.717) is 17.1 Å². The highest BCUT2D eigenvalue weighted by molar-refractivity contribution is 7.98.